The maximum Gasteiger partial charge on any atom is 0.410 e. The van der Waals surface area contributed by atoms with Crippen LogP contribution in [0.5, 0.6) is 11.5 Å². The second kappa shape index (κ2) is 8.53. The van der Waals surface area contributed by atoms with Crippen LogP contribution in [0.25, 0.3) is 0 Å². The zero-order valence-corrected chi connectivity index (χ0v) is 15.9. The first-order valence-corrected chi connectivity index (χ1v) is 9.98. The summed E-state index contributed by atoms with van der Waals surface area (Å²) in [6.45, 7) is 4.02. The van der Waals surface area contributed by atoms with Gasteiger partial charge in [-0.3, -0.25) is 9.80 Å². The minimum atomic E-state index is -0.325. The molecule has 4 rings (SSSR count). The molecule has 154 valence electrons. The third kappa shape index (κ3) is 4.33. The highest BCUT2D eigenvalue weighted by Crippen LogP contribution is 2.32. The summed E-state index contributed by atoms with van der Waals surface area (Å²) in [6.07, 6.45) is 2.63. The number of hydrogen-bond acceptors (Lipinski definition) is 6. The Kier molecular flexibility index (Phi) is 5.87. The highest BCUT2D eigenvalue weighted by molar-refractivity contribution is 5.70. The Bertz CT molecular complexity index is 695. The number of fused-ring (bicyclic) bond motifs is 1. The van der Waals surface area contributed by atoms with Gasteiger partial charge in [0.05, 0.1) is 12.6 Å². The molecule has 2 fully saturated rings. The van der Waals surface area contributed by atoms with E-state index in [2.05, 4.69) is 4.90 Å². The second-order valence-electron chi connectivity index (χ2n) is 7.78. The lowest BCUT2D eigenvalue weighted by molar-refractivity contribution is 0.0461. The van der Waals surface area contributed by atoms with Gasteiger partial charge < -0.3 is 19.3 Å². The molecule has 1 N–H and O–H groups in total. The molecule has 0 spiro atoms. The number of carbonyl (C=O) groups is 1. The highest BCUT2D eigenvalue weighted by Gasteiger charge is 2.33. The van der Waals surface area contributed by atoms with Gasteiger partial charge in [0, 0.05) is 19.2 Å². The van der Waals surface area contributed by atoms with Gasteiger partial charge in [0.2, 0.25) is 0 Å². The summed E-state index contributed by atoms with van der Waals surface area (Å²) in [4.78, 5) is 15.7. The van der Waals surface area contributed by atoms with Crippen LogP contribution in [0.3, 0.4) is 0 Å². The summed E-state index contributed by atoms with van der Waals surface area (Å²) in [6, 6.07) is 4.14. The Morgan fingerprint density at radius 1 is 1.14 bits per heavy atom. The summed E-state index contributed by atoms with van der Waals surface area (Å²) < 4.78 is 30.0. The van der Waals surface area contributed by atoms with Crippen LogP contribution >= 0.6 is 0 Å². The van der Waals surface area contributed by atoms with Gasteiger partial charge >= 0.3 is 6.09 Å². The van der Waals surface area contributed by atoms with Crippen LogP contribution in [-0.2, 0) is 4.74 Å². The van der Waals surface area contributed by atoms with Crippen LogP contribution in [0.2, 0.25) is 0 Å². The van der Waals surface area contributed by atoms with Gasteiger partial charge in [-0.2, -0.15) is 0 Å². The van der Waals surface area contributed by atoms with Crippen molar-refractivity contribution in [2.75, 3.05) is 46.0 Å². The maximum absolute atomic E-state index is 13.4. The number of halogens is 1. The Morgan fingerprint density at radius 3 is 2.75 bits per heavy atom. The molecule has 0 unspecified atom stereocenters. The summed E-state index contributed by atoms with van der Waals surface area (Å²) in [7, 11) is 0. The highest BCUT2D eigenvalue weighted by atomic mass is 19.1. The van der Waals surface area contributed by atoms with E-state index in [9.17, 15) is 14.3 Å². The molecule has 3 aliphatic heterocycles. The molecule has 0 aromatic heterocycles. The number of piperidine rings is 1. The van der Waals surface area contributed by atoms with Gasteiger partial charge in [0.1, 0.15) is 25.1 Å². The molecular formula is C20H27FN2O5. The fraction of sp³-hybridized carbons (Fsp3) is 0.650. The molecule has 0 saturated carbocycles. The third-order valence-corrected chi connectivity index (χ3v) is 5.86. The molecular weight excluding hydrogens is 367 g/mol. The first-order chi connectivity index (χ1) is 13.6. The van der Waals surface area contributed by atoms with E-state index in [0.29, 0.717) is 30.6 Å². The zero-order valence-electron chi connectivity index (χ0n) is 15.9. The van der Waals surface area contributed by atoms with Crippen LogP contribution in [0.1, 0.15) is 19.3 Å². The Balaban J connectivity index is 1.20. The van der Waals surface area contributed by atoms with E-state index in [-0.39, 0.29) is 37.3 Å². The predicted molar refractivity (Wildman–Crippen MR) is 99.0 cm³/mol. The molecule has 3 aliphatic rings. The van der Waals surface area contributed by atoms with Crippen molar-refractivity contribution in [3.8, 4) is 11.5 Å². The van der Waals surface area contributed by atoms with E-state index in [1.165, 1.54) is 12.1 Å². The number of likely N-dealkylation sites (tertiary alicyclic amines) is 1. The average molecular weight is 394 g/mol. The van der Waals surface area contributed by atoms with E-state index in [0.717, 1.165) is 38.9 Å². The molecule has 1 aromatic carbocycles. The normalized spacial score (nSPS) is 25.8. The zero-order chi connectivity index (χ0) is 19.5. The van der Waals surface area contributed by atoms with Crippen molar-refractivity contribution in [2.24, 2.45) is 5.92 Å². The quantitative estimate of drug-likeness (QED) is 0.795. The number of aliphatic hydroxyl groups excluding tert-OH is 1. The summed E-state index contributed by atoms with van der Waals surface area (Å²) in [5, 5.41) is 9.33. The van der Waals surface area contributed by atoms with Crippen LogP contribution < -0.4 is 9.47 Å². The number of cyclic esters (lactones) is 1. The molecule has 0 radical (unpaired) electrons. The smallest absolute Gasteiger partial charge is 0.410 e. The molecule has 0 aliphatic carbocycles. The molecule has 28 heavy (non-hydrogen) atoms. The van der Waals surface area contributed by atoms with Crippen LogP contribution in [0.4, 0.5) is 9.18 Å². The van der Waals surface area contributed by atoms with E-state index in [1.807, 2.05) is 0 Å². The number of ether oxygens (including phenoxy) is 3. The van der Waals surface area contributed by atoms with Gasteiger partial charge in [-0.15, -0.1) is 0 Å². The number of aliphatic hydroxyl groups is 1. The lowest BCUT2D eigenvalue weighted by Gasteiger charge is -2.36. The van der Waals surface area contributed by atoms with Crippen molar-refractivity contribution in [3.63, 3.8) is 0 Å². The summed E-state index contributed by atoms with van der Waals surface area (Å²) >= 11 is 0. The van der Waals surface area contributed by atoms with Gasteiger partial charge in [0.15, 0.2) is 11.5 Å². The molecule has 0 bridgehead atoms. The SMILES string of the molecule is O=C1OC[C@@H](CO)N1CCC1CCN(C[C@H]2COc3ccc(F)cc3O2)CC1. The number of amides is 1. The Morgan fingerprint density at radius 2 is 1.96 bits per heavy atom. The topological polar surface area (TPSA) is 71.5 Å². The van der Waals surface area contributed by atoms with Gasteiger partial charge in [0.25, 0.3) is 0 Å². The number of hydrogen-bond donors (Lipinski definition) is 1. The molecule has 8 heteroatoms. The predicted octanol–water partition coefficient (Wildman–Crippen LogP) is 1.88. The number of nitrogens with zero attached hydrogens (tertiary/aromatic N) is 2. The molecule has 2 saturated heterocycles. The van der Waals surface area contributed by atoms with Crippen molar-refractivity contribution in [3.05, 3.63) is 24.0 Å². The third-order valence-electron chi connectivity index (χ3n) is 5.86. The minimum Gasteiger partial charge on any atom is -0.486 e. The van der Waals surface area contributed by atoms with Crippen LogP contribution in [0.15, 0.2) is 18.2 Å². The van der Waals surface area contributed by atoms with E-state index >= 15 is 0 Å². The second-order valence-corrected chi connectivity index (χ2v) is 7.78. The van der Waals surface area contributed by atoms with E-state index in [1.54, 1.807) is 11.0 Å². The largest absolute Gasteiger partial charge is 0.486 e. The fourth-order valence-corrected chi connectivity index (χ4v) is 4.16. The molecule has 1 amide bonds. The van der Waals surface area contributed by atoms with Crippen LogP contribution in [0, 0.1) is 11.7 Å². The maximum atomic E-state index is 13.4. The van der Waals surface area contributed by atoms with Gasteiger partial charge in [-0.1, -0.05) is 0 Å². The number of rotatable bonds is 6. The van der Waals surface area contributed by atoms with Crippen molar-refractivity contribution >= 4 is 6.09 Å². The number of benzene rings is 1. The minimum absolute atomic E-state index is 0.0549. The van der Waals surface area contributed by atoms with Gasteiger partial charge in [-0.25, -0.2) is 9.18 Å². The van der Waals surface area contributed by atoms with Crippen LogP contribution in [-0.4, -0.2) is 79.1 Å². The molecule has 2 atom stereocenters. The molecule has 1 aromatic rings. The molecule has 3 heterocycles. The Labute approximate surface area is 164 Å². The fourth-order valence-electron chi connectivity index (χ4n) is 4.16. The van der Waals surface area contributed by atoms with Crippen molar-refractivity contribution in [1.29, 1.82) is 0 Å². The molecule has 7 nitrogen and oxygen atoms in total. The summed E-state index contributed by atoms with van der Waals surface area (Å²) in [5.41, 5.74) is 0. The Hall–Kier alpha value is -2.06. The van der Waals surface area contributed by atoms with E-state index in [4.69, 9.17) is 14.2 Å². The summed E-state index contributed by atoms with van der Waals surface area (Å²) in [5.74, 6) is 1.30. The van der Waals surface area contributed by atoms with Crippen molar-refractivity contribution in [1.82, 2.24) is 9.80 Å². The first kappa shape index (κ1) is 19.3. The van der Waals surface area contributed by atoms with Crippen molar-refractivity contribution < 1.29 is 28.5 Å². The monoisotopic (exact) mass is 394 g/mol. The number of carbonyl (C=O) groups excluding carboxylic acids is 1. The lowest BCUT2D eigenvalue weighted by atomic mass is 9.93. The standard InChI is InChI=1S/C20H27FN2O5/c21-15-1-2-18-19(9-15)28-17(13-26-18)10-22-6-3-14(4-7-22)5-8-23-16(11-24)12-27-20(23)25/h1-2,9,14,16-17,24H,3-8,10-13H2/t16-,17+/m1/s1. The van der Waals surface area contributed by atoms with Gasteiger partial charge in [-0.05, 0) is 50.4 Å². The van der Waals surface area contributed by atoms with Crippen molar-refractivity contribution in [2.45, 2.75) is 31.4 Å². The lowest BCUT2D eigenvalue weighted by Crippen LogP contribution is -2.44. The first-order valence-electron chi connectivity index (χ1n) is 9.98. The average Bonchev–Trinajstić information content (AvgIpc) is 3.07. The van der Waals surface area contributed by atoms with E-state index < -0.39 is 0 Å².